The molecule has 0 aliphatic heterocycles. The van der Waals surface area contributed by atoms with Crippen molar-refractivity contribution in [1.82, 2.24) is 10.6 Å². The van der Waals surface area contributed by atoms with Gasteiger partial charge in [0.1, 0.15) is 0 Å². The molecule has 0 saturated carbocycles. The number of hydrogen-bond donors (Lipinski definition) is 3. The monoisotopic (exact) mass is 366 g/mol. The van der Waals surface area contributed by atoms with Gasteiger partial charge in [0.05, 0.1) is 24.1 Å². The van der Waals surface area contributed by atoms with E-state index in [0.717, 1.165) is 11.4 Å². The van der Waals surface area contributed by atoms with Crippen molar-refractivity contribution in [2.45, 2.75) is 13.8 Å². The van der Waals surface area contributed by atoms with Gasteiger partial charge >= 0.3 is 0 Å². The third-order valence-corrected chi connectivity index (χ3v) is 3.24. The molecule has 24 heavy (non-hydrogen) atoms. The summed E-state index contributed by atoms with van der Waals surface area (Å²) in [5, 5.41) is 11.7. The van der Waals surface area contributed by atoms with Crippen molar-refractivity contribution >= 4 is 52.0 Å². The van der Waals surface area contributed by atoms with Crippen LogP contribution in [-0.4, -0.2) is 42.5 Å². The number of hydrogen-bond acceptors (Lipinski definition) is 5. The summed E-state index contributed by atoms with van der Waals surface area (Å²) in [5.41, 5.74) is 1.60. The molecule has 0 radical (unpaired) electrons. The third kappa shape index (κ3) is 8.69. The minimum Gasteiger partial charge on any atom is -0.378 e. The molecule has 3 N–H and O–H groups in total. The number of amides is 1. The second-order valence-corrected chi connectivity index (χ2v) is 5.78. The highest BCUT2D eigenvalue weighted by molar-refractivity contribution is 7.80. The molecule has 1 aromatic carbocycles. The van der Waals surface area contributed by atoms with Gasteiger partial charge in [0.25, 0.3) is 0 Å². The number of ether oxygens (including phenoxy) is 1. The molecule has 1 amide bonds. The molecule has 0 heterocycles. The zero-order chi connectivity index (χ0) is 17.8. The van der Waals surface area contributed by atoms with Gasteiger partial charge in [-0.1, -0.05) is 13.8 Å². The van der Waals surface area contributed by atoms with Crippen molar-refractivity contribution in [1.29, 1.82) is 0 Å². The van der Waals surface area contributed by atoms with Gasteiger partial charge in [-0.05, 0) is 48.7 Å². The maximum absolute atomic E-state index is 11.3. The number of carbonyl (C=O) groups excluding carboxylic acids is 1. The largest absolute Gasteiger partial charge is 0.378 e. The predicted molar refractivity (Wildman–Crippen MR) is 104 cm³/mol. The van der Waals surface area contributed by atoms with E-state index in [1.165, 1.54) is 0 Å². The Morgan fingerprint density at radius 1 is 1.21 bits per heavy atom. The van der Waals surface area contributed by atoms with E-state index in [4.69, 9.17) is 17.0 Å². The van der Waals surface area contributed by atoms with Crippen LogP contribution >= 0.6 is 24.4 Å². The SMILES string of the molecule is CC(C)C(=O)NCCOCCNC(=S)Nc1ccc(N=C=S)cc1. The van der Waals surface area contributed by atoms with Crippen LogP contribution in [0.25, 0.3) is 0 Å². The first-order chi connectivity index (χ1) is 11.5. The van der Waals surface area contributed by atoms with Crippen molar-refractivity contribution in [3.8, 4) is 0 Å². The van der Waals surface area contributed by atoms with Gasteiger partial charge in [-0.3, -0.25) is 4.79 Å². The summed E-state index contributed by atoms with van der Waals surface area (Å²) in [4.78, 5) is 15.2. The first-order valence-corrected chi connectivity index (χ1v) is 8.43. The quantitative estimate of drug-likeness (QED) is 0.354. The Kier molecular flexibility index (Phi) is 9.79. The predicted octanol–water partition coefficient (Wildman–Crippen LogP) is 2.50. The van der Waals surface area contributed by atoms with Crippen molar-refractivity contribution in [3.63, 3.8) is 0 Å². The van der Waals surface area contributed by atoms with Gasteiger partial charge in [0.2, 0.25) is 5.91 Å². The Bertz CT molecular complexity index is 584. The number of carbonyl (C=O) groups is 1. The second kappa shape index (κ2) is 11.6. The summed E-state index contributed by atoms with van der Waals surface area (Å²) >= 11 is 9.75. The molecule has 0 fully saturated rings. The van der Waals surface area contributed by atoms with Crippen molar-refractivity contribution in [3.05, 3.63) is 24.3 Å². The number of isothiocyanates is 1. The van der Waals surface area contributed by atoms with E-state index < -0.39 is 0 Å². The molecule has 0 aliphatic rings. The normalized spacial score (nSPS) is 9.96. The molecular weight excluding hydrogens is 344 g/mol. The lowest BCUT2D eigenvalue weighted by atomic mass is 10.2. The molecule has 0 unspecified atom stereocenters. The van der Waals surface area contributed by atoms with E-state index in [2.05, 4.69) is 38.3 Å². The average molecular weight is 367 g/mol. The van der Waals surface area contributed by atoms with Gasteiger partial charge < -0.3 is 20.7 Å². The maximum Gasteiger partial charge on any atom is 0.222 e. The summed E-state index contributed by atoms with van der Waals surface area (Å²) in [6.45, 7) is 5.77. The number of anilines is 1. The van der Waals surface area contributed by atoms with Gasteiger partial charge in [0, 0.05) is 24.7 Å². The number of thiocarbonyl (C=S) groups is 2. The molecule has 0 aliphatic carbocycles. The molecule has 130 valence electrons. The molecule has 0 spiro atoms. The van der Waals surface area contributed by atoms with E-state index >= 15 is 0 Å². The van der Waals surface area contributed by atoms with Crippen LogP contribution in [0.1, 0.15) is 13.8 Å². The van der Waals surface area contributed by atoms with Crippen LogP contribution in [0, 0.1) is 5.92 Å². The number of benzene rings is 1. The lowest BCUT2D eigenvalue weighted by molar-refractivity contribution is -0.124. The average Bonchev–Trinajstić information content (AvgIpc) is 2.55. The van der Waals surface area contributed by atoms with Crippen LogP contribution < -0.4 is 16.0 Å². The minimum atomic E-state index is -0.00877. The third-order valence-electron chi connectivity index (χ3n) is 2.90. The van der Waals surface area contributed by atoms with Gasteiger partial charge in [-0.25, -0.2) is 0 Å². The highest BCUT2D eigenvalue weighted by Crippen LogP contribution is 2.15. The smallest absolute Gasteiger partial charge is 0.222 e. The fraction of sp³-hybridized carbons (Fsp3) is 0.438. The van der Waals surface area contributed by atoms with Gasteiger partial charge in [-0.15, -0.1) is 0 Å². The number of nitrogens with zero attached hydrogens (tertiary/aromatic N) is 1. The Morgan fingerprint density at radius 2 is 1.83 bits per heavy atom. The van der Waals surface area contributed by atoms with Gasteiger partial charge in [0.15, 0.2) is 5.11 Å². The lowest BCUT2D eigenvalue weighted by Crippen LogP contribution is -2.33. The molecule has 1 rings (SSSR count). The summed E-state index contributed by atoms with van der Waals surface area (Å²) in [7, 11) is 0. The first-order valence-electron chi connectivity index (χ1n) is 7.61. The highest BCUT2D eigenvalue weighted by Gasteiger charge is 2.04. The molecule has 1 aromatic rings. The fourth-order valence-corrected chi connectivity index (χ4v) is 1.96. The van der Waals surface area contributed by atoms with Crippen LogP contribution in [-0.2, 0) is 9.53 Å². The van der Waals surface area contributed by atoms with Crippen LogP contribution in [0.15, 0.2) is 29.3 Å². The van der Waals surface area contributed by atoms with E-state index in [1.807, 2.05) is 38.1 Å². The second-order valence-electron chi connectivity index (χ2n) is 5.19. The lowest BCUT2D eigenvalue weighted by Gasteiger charge is -2.11. The van der Waals surface area contributed by atoms with E-state index in [-0.39, 0.29) is 11.8 Å². The van der Waals surface area contributed by atoms with Gasteiger partial charge in [-0.2, -0.15) is 4.99 Å². The molecule has 0 saturated heterocycles. The zero-order valence-corrected chi connectivity index (χ0v) is 15.4. The Balaban J connectivity index is 2.11. The summed E-state index contributed by atoms with van der Waals surface area (Å²) in [6, 6.07) is 7.35. The summed E-state index contributed by atoms with van der Waals surface area (Å²) in [6.07, 6.45) is 0. The zero-order valence-electron chi connectivity index (χ0n) is 13.8. The standard InChI is InChI=1S/C16H22N4O2S2/c1-12(2)15(21)17-7-9-22-10-8-18-16(24)20-14-5-3-13(4-6-14)19-11-23/h3-6,12H,7-10H2,1-2H3,(H,17,21)(H2,18,20,24). The van der Waals surface area contributed by atoms with E-state index in [9.17, 15) is 4.79 Å². The van der Waals surface area contributed by atoms with Crippen molar-refractivity contribution in [2.24, 2.45) is 10.9 Å². The molecule has 0 atom stereocenters. The molecule has 8 heteroatoms. The Morgan fingerprint density at radius 3 is 2.42 bits per heavy atom. The number of aliphatic imine (C=N–C) groups is 1. The molecule has 0 aromatic heterocycles. The summed E-state index contributed by atoms with van der Waals surface area (Å²) < 4.78 is 5.41. The number of rotatable bonds is 9. The minimum absolute atomic E-state index is 0.00877. The molecular formula is C16H22N4O2S2. The Hall–Kier alpha value is -1.86. The molecule has 0 bridgehead atoms. The first kappa shape index (κ1) is 20.2. The Labute approximate surface area is 153 Å². The van der Waals surface area contributed by atoms with E-state index in [1.54, 1.807) is 0 Å². The van der Waals surface area contributed by atoms with Crippen LogP contribution in [0.3, 0.4) is 0 Å². The topological polar surface area (TPSA) is 74.8 Å². The van der Waals surface area contributed by atoms with Crippen molar-refractivity contribution < 1.29 is 9.53 Å². The van der Waals surface area contributed by atoms with E-state index in [0.29, 0.717) is 31.4 Å². The number of nitrogens with one attached hydrogen (secondary N) is 3. The van der Waals surface area contributed by atoms with Crippen LogP contribution in [0.4, 0.5) is 11.4 Å². The highest BCUT2D eigenvalue weighted by atomic mass is 32.1. The summed E-state index contributed by atoms with van der Waals surface area (Å²) in [5.74, 6) is 0.0231. The van der Waals surface area contributed by atoms with Crippen LogP contribution in [0.2, 0.25) is 0 Å². The van der Waals surface area contributed by atoms with Crippen LogP contribution in [0.5, 0.6) is 0 Å². The molecule has 6 nitrogen and oxygen atoms in total. The maximum atomic E-state index is 11.3. The fourth-order valence-electron chi connectivity index (χ4n) is 1.64. The van der Waals surface area contributed by atoms with Crippen molar-refractivity contribution in [2.75, 3.05) is 31.6 Å².